The van der Waals surface area contributed by atoms with Crippen molar-refractivity contribution < 1.29 is 13.5 Å². The van der Waals surface area contributed by atoms with Crippen LogP contribution in [-0.4, -0.2) is 25.8 Å². The first-order valence-corrected chi connectivity index (χ1v) is 11.4. The Morgan fingerprint density at radius 1 is 1.25 bits per heavy atom. The van der Waals surface area contributed by atoms with Crippen molar-refractivity contribution >= 4 is 33.1 Å². The van der Waals surface area contributed by atoms with Gasteiger partial charge in [-0.05, 0) is 41.3 Å². The van der Waals surface area contributed by atoms with Crippen molar-refractivity contribution in [3.05, 3.63) is 47.3 Å². The van der Waals surface area contributed by atoms with E-state index in [-0.39, 0.29) is 10.1 Å². The van der Waals surface area contributed by atoms with Gasteiger partial charge in [0.1, 0.15) is 4.21 Å². The van der Waals surface area contributed by atoms with Gasteiger partial charge in [0.15, 0.2) is 0 Å². The number of nitrogens with one attached hydrogen (secondary N) is 1. The molecule has 0 radical (unpaired) electrons. The third-order valence-corrected chi connectivity index (χ3v) is 7.71. The Hall–Kier alpha value is -0.860. The molecule has 0 bridgehead atoms. The van der Waals surface area contributed by atoms with Crippen LogP contribution in [0.4, 0.5) is 0 Å². The number of hydrogen-bond acceptors (Lipinski definition) is 5. The highest BCUT2D eigenvalue weighted by molar-refractivity contribution is 7.98. The predicted molar refractivity (Wildman–Crippen MR) is 101 cm³/mol. The van der Waals surface area contributed by atoms with E-state index in [1.54, 1.807) is 29.3 Å². The van der Waals surface area contributed by atoms with Gasteiger partial charge in [-0.25, -0.2) is 13.1 Å². The Kier molecular flexibility index (Phi) is 6.88. The average molecular weight is 386 g/mol. The molecule has 0 aliphatic heterocycles. The summed E-state index contributed by atoms with van der Waals surface area (Å²) in [6.07, 6.45) is 1.85. The van der Waals surface area contributed by atoms with Gasteiger partial charge >= 0.3 is 0 Å². The molecule has 3 atom stereocenters. The summed E-state index contributed by atoms with van der Waals surface area (Å²) in [6.45, 7) is 3.93. The van der Waals surface area contributed by atoms with Crippen molar-refractivity contribution in [1.29, 1.82) is 0 Å². The molecule has 2 aromatic rings. The minimum absolute atomic E-state index is 0.00466. The van der Waals surface area contributed by atoms with Crippen LogP contribution in [0.25, 0.3) is 0 Å². The van der Waals surface area contributed by atoms with Gasteiger partial charge in [0, 0.05) is 4.90 Å². The normalized spacial score (nSPS) is 15.8. The van der Waals surface area contributed by atoms with Crippen molar-refractivity contribution in [3.63, 3.8) is 0 Å². The van der Waals surface area contributed by atoms with E-state index in [2.05, 4.69) is 4.72 Å². The highest BCUT2D eigenvalue weighted by Crippen LogP contribution is 2.28. The summed E-state index contributed by atoms with van der Waals surface area (Å²) in [4.78, 5) is 1.10. The van der Waals surface area contributed by atoms with Crippen LogP contribution in [0.15, 0.2) is 50.9 Å². The zero-order valence-electron chi connectivity index (χ0n) is 14.0. The molecule has 0 aliphatic carbocycles. The molecule has 0 saturated carbocycles. The monoisotopic (exact) mass is 385 g/mol. The van der Waals surface area contributed by atoms with Crippen molar-refractivity contribution in [2.45, 2.75) is 41.5 Å². The smallest absolute Gasteiger partial charge is 0.250 e. The number of thioether (sulfide) groups is 1. The Bertz CT molecular complexity index is 727. The van der Waals surface area contributed by atoms with E-state index >= 15 is 0 Å². The van der Waals surface area contributed by atoms with Crippen LogP contribution in [0.1, 0.15) is 31.9 Å². The summed E-state index contributed by atoms with van der Waals surface area (Å²) >= 11 is 2.79. The molecular weight excluding hydrogens is 362 g/mol. The van der Waals surface area contributed by atoms with Crippen LogP contribution in [0.5, 0.6) is 0 Å². The zero-order chi connectivity index (χ0) is 17.7. The molecule has 0 aliphatic rings. The fourth-order valence-electron chi connectivity index (χ4n) is 2.41. The van der Waals surface area contributed by atoms with E-state index in [0.29, 0.717) is 5.56 Å². The number of benzene rings is 1. The quantitative estimate of drug-likeness (QED) is 0.677. The van der Waals surface area contributed by atoms with E-state index in [9.17, 15) is 13.5 Å². The molecule has 0 spiro atoms. The predicted octanol–water partition coefficient (Wildman–Crippen LogP) is 3.90. The summed E-state index contributed by atoms with van der Waals surface area (Å²) in [5.41, 5.74) is 0.715. The second kappa shape index (κ2) is 8.49. The molecule has 0 amide bonds. The van der Waals surface area contributed by atoms with Crippen LogP contribution in [-0.2, 0) is 10.0 Å². The van der Waals surface area contributed by atoms with Gasteiger partial charge in [-0.1, -0.05) is 38.5 Å². The summed E-state index contributed by atoms with van der Waals surface area (Å²) < 4.78 is 28.1. The maximum absolute atomic E-state index is 12.5. The van der Waals surface area contributed by atoms with Gasteiger partial charge in [0.05, 0.1) is 12.1 Å². The molecule has 0 saturated heterocycles. The Balaban J connectivity index is 2.27. The molecule has 7 heteroatoms. The van der Waals surface area contributed by atoms with Gasteiger partial charge < -0.3 is 5.11 Å². The van der Waals surface area contributed by atoms with Gasteiger partial charge in [-0.2, -0.15) is 0 Å². The molecule has 0 fully saturated rings. The lowest BCUT2D eigenvalue weighted by molar-refractivity contribution is 0.112. The van der Waals surface area contributed by atoms with Gasteiger partial charge in [-0.15, -0.1) is 23.1 Å². The molecule has 1 aromatic carbocycles. The van der Waals surface area contributed by atoms with Crippen molar-refractivity contribution in [2.24, 2.45) is 5.92 Å². The second-order valence-electron chi connectivity index (χ2n) is 5.68. The van der Waals surface area contributed by atoms with E-state index in [4.69, 9.17) is 0 Å². The first kappa shape index (κ1) is 19.5. The van der Waals surface area contributed by atoms with Crippen molar-refractivity contribution in [3.8, 4) is 0 Å². The lowest BCUT2D eigenvalue weighted by Crippen LogP contribution is -2.43. The van der Waals surface area contributed by atoms with Crippen molar-refractivity contribution in [1.82, 2.24) is 4.72 Å². The molecule has 2 N–H and O–H groups in total. The SMILES string of the molecule is CCC(C)[C@H](NS(=O)(=O)c1cccs1)C(O)c1ccc(SC)cc1. The summed E-state index contributed by atoms with van der Waals surface area (Å²) in [5.74, 6) is -0.00466. The number of aliphatic hydroxyl groups excluding tert-OH is 1. The minimum Gasteiger partial charge on any atom is -0.387 e. The molecular formula is C17H23NO3S3. The molecule has 2 rings (SSSR count). The number of aliphatic hydroxyl groups is 1. The maximum Gasteiger partial charge on any atom is 0.250 e. The maximum atomic E-state index is 12.5. The number of rotatable bonds is 8. The summed E-state index contributed by atoms with van der Waals surface area (Å²) in [5, 5.41) is 12.5. The largest absolute Gasteiger partial charge is 0.387 e. The van der Waals surface area contributed by atoms with Crippen LogP contribution < -0.4 is 4.72 Å². The van der Waals surface area contributed by atoms with Crippen LogP contribution in [0.2, 0.25) is 0 Å². The second-order valence-corrected chi connectivity index (χ2v) is 9.45. The Labute approximate surface area is 152 Å². The van der Waals surface area contributed by atoms with E-state index in [1.807, 2.05) is 44.4 Å². The third-order valence-electron chi connectivity index (χ3n) is 4.11. The van der Waals surface area contributed by atoms with E-state index in [1.165, 1.54) is 11.3 Å². The van der Waals surface area contributed by atoms with Gasteiger partial charge in [0.2, 0.25) is 10.0 Å². The lowest BCUT2D eigenvalue weighted by atomic mass is 9.91. The van der Waals surface area contributed by atoms with Crippen LogP contribution >= 0.6 is 23.1 Å². The topological polar surface area (TPSA) is 66.4 Å². The summed E-state index contributed by atoms with van der Waals surface area (Å²) in [7, 11) is -3.63. The first-order valence-electron chi connectivity index (χ1n) is 7.77. The fourth-order valence-corrected chi connectivity index (χ4v) is 5.18. The molecule has 2 unspecified atom stereocenters. The Morgan fingerprint density at radius 2 is 1.92 bits per heavy atom. The lowest BCUT2D eigenvalue weighted by Gasteiger charge is -2.29. The number of thiophene rings is 1. The van der Waals surface area contributed by atoms with Crippen LogP contribution in [0.3, 0.4) is 0 Å². The van der Waals surface area contributed by atoms with Gasteiger partial charge in [-0.3, -0.25) is 0 Å². The minimum atomic E-state index is -3.63. The molecule has 24 heavy (non-hydrogen) atoms. The standard InChI is InChI=1S/C17H23NO3S3/c1-4-12(2)16(18-24(20,21)15-6-5-11-23-15)17(19)13-7-9-14(22-3)10-8-13/h5-12,16-19H,4H2,1-3H3/t12?,16-,17?/m0/s1. The molecule has 132 valence electrons. The highest BCUT2D eigenvalue weighted by atomic mass is 32.2. The number of hydrogen-bond donors (Lipinski definition) is 2. The first-order chi connectivity index (χ1) is 11.4. The average Bonchev–Trinajstić information content (AvgIpc) is 3.14. The molecule has 1 aromatic heterocycles. The fraction of sp³-hybridized carbons (Fsp3) is 0.412. The highest BCUT2D eigenvalue weighted by Gasteiger charge is 2.31. The zero-order valence-corrected chi connectivity index (χ0v) is 16.4. The summed E-state index contributed by atoms with van der Waals surface area (Å²) in [6, 6.07) is 10.3. The van der Waals surface area contributed by atoms with Crippen molar-refractivity contribution in [2.75, 3.05) is 6.26 Å². The molecule has 4 nitrogen and oxygen atoms in total. The van der Waals surface area contributed by atoms with E-state index in [0.717, 1.165) is 11.3 Å². The Morgan fingerprint density at radius 3 is 2.42 bits per heavy atom. The molecule has 1 heterocycles. The third kappa shape index (κ3) is 4.61. The van der Waals surface area contributed by atoms with Crippen LogP contribution in [0, 0.1) is 5.92 Å². The number of sulfonamides is 1. The van der Waals surface area contributed by atoms with E-state index < -0.39 is 22.2 Å². The van der Waals surface area contributed by atoms with Gasteiger partial charge in [0.25, 0.3) is 0 Å².